The molecule has 0 atom stereocenters. The molecule has 0 unspecified atom stereocenters. The van der Waals surface area contributed by atoms with Gasteiger partial charge in [-0.2, -0.15) is 0 Å². The molecule has 1 saturated carbocycles. The van der Waals surface area contributed by atoms with Gasteiger partial charge in [0.2, 0.25) is 5.78 Å². The van der Waals surface area contributed by atoms with Crippen molar-refractivity contribution in [2.75, 3.05) is 13.7 Å². The fraction of sp³-hybridized carbons (Fsp3) is 0.400. The first-order chi connectivity index (χ1) is 12.4. The molecule has 0 bridgehead atoms. The van der Waals surface area contributed by atoms with Gasteiger partial charge in [-0.25, -0.2) is 0 Å². The van der Waals surface area contributed by atoms with E-state index in [1.807, 2.05) is 19.9 Å². The lowest BCUT2D eigenvalue weighted by molar-refractivity contribution is -0.141. The van der Waals surface area contributed by atoms with Gasteiger partial charge in [0.1, 0.15) is 5.75 Å². The van der Waals surface area contributed by atoms with Crippen LogP contribution in [0.4, 0.5) is 0 Å². The lowest BCUT2D eigenvalue weighted by Crippen LogP contribution is -2.16. The van der Waals surface area contributed by atoms with Gasteiger partial charge in [0.15, 0.2) is 6.61 Å². The number of rotatable bonds is 7. The second-order valence-corrected chi connectivity index (χ2v) is 7.04. The highest BCUT2D eigenvalue weighted by atomic mass is 35.5. The van der Waals surface area contributed by atoms with E-state index in [0.717, 1.165) is 24.2 Å². The van der Waals surface area contributed by atoms with Gasteiger partial charge < -0.3 is 14.0 Å². The summed E-state index contributed by atoms with van der Waals surface area (Å²) >= 11 is 5.97. The summed E-state index contributed by atoms with van der Waals surface area (Å²) in [6.07, 6.45) is 2.30. The van der Waals surface area contributed by atoms with Gasteiger partial charge in [0, 0.05) is 33.6 Å². The molecule has 0 radical (unpaired) electrons. The number of halogens is 1. The Morgan fingerprint density at radius 2 is 1.96 bits per heavy atom. The van der Waals surface area contributed by atoms with Crippen molar-refractivity contribution in [2.24, 2.45) is 0 Å². The van der Waals surface area contributed by atoms with Crippen molar-refractivity contribution >= 4 is 23.4 Å². The first-order valence-electron chi connectivity index (χ1n) is 8.60. The first kappa shape index (κ1) is 18.5. The van der Waals surface area contributed by atoms with E-state index in [0.29, 0.717) is 27.9 Å². The van der Waals surface area contributed by atoms with Gasteiger partial charge in [-0.05, 0) is 51.0 Å². The molecule has 6 heteroatoms. The van der Waals surface area contributed by atoms with Gasteiger partial charge in [0.05, 0.1) is 13.5 Å². The number of aromatic nitrogens is 1. The normalized spacial score (nSPS) is 13.5. The average Bonchev–Trinajstić information content (AvgIpc) is 3.38. The zero-order valence-corrected chi connectivity index (χ0v) is 15.9. The van der Waals surface area contributed by atoms with Gasteiger partial charge >= 0.3 is 5.97 Å². The fourth-order valence-electron chi connectivity index (χ4n) is 3.27. The third-order valence-corrected chi connectivity index (χ3v) is 4.87. The summed E-state index contributed by atoms with van der Waals surface area (Å²) in [6, 6.07) is 7.43. The molecule has 3 rings (SSSR count). The molecule has 0 aliphatic heterocycles. The molecule has 0 amide bonds. The van der Waals surface area contributed by atoms with Crippen molar-refractivity contribution in [3.8, 4) is 5.75 Å². The van der Waals surface area contributed by atoms with Crippen molar-refractivity contribution in [3.05, 3.63) is 51.8 Å². The number of Topliss-reactive ketones (excluding diaryl/α,β-unsaturated/α-hetero) is 1. The Labute approximate surface area is 157 Å². The van der Waals surface area contributed by atoms with Crippen molar-refractivity contribution < 1.29 is 19.1 Å². The molecule has 1 aromatic carbocycles. The SMILES string of the molecule is COc1ccc(Cl)cc1CC(=O)OCC(=O)c1cc(C)n(C2CC2)c1C. The summed E-state index contributed by atoms with van der Waals surface area (Å²) < 4.78 is 12.6. The molecule has 1 fully saturated rings. The number of carbonyl (C=O) groups excluding carboxylic acids is 2. The third-order valence-electron chi connectivity index (χ3n) is 4.64. The number of esters is 1. The summed E-state index contributed by atoms with van der Waals surface area (Å²) in [4.78, 5) is 24.6. The minimum absolute atomic E-state index is 0.00188. The standard InChI is InChI=1S/C20H22ClNO4/c1-12-8-17(13(2)22(12)16-5-6-16)18(23)11-26-20(24)10-14-9-15(21)4-7-19(14)25-3/h4,7-9,16H,5-6,10-11H2,1-3H3. The van der Waals surface area contributed by atoms with E-state index in [2.05, 4.69) is 4.57 Å². The second kappa shape index (κ2) is 7.54. The highest BCUT2D eigenvalue weighted by Crippen LogP contribution is 2.38. The molecule has 1 aliphatic rings. The highest BCUT2D eigenvalue weighted by molar-refractivity contribution is 6.30. The molecule has 1 aromatic heterocycles. The zero-order chi connectivity index (χ0) is 18.8. The molecule has 5 nitrogen and oxygen atoms in total. The van der Waals surface area contributed by atoms with Crippen molar-refractivity contribution in [1.29, 1.82) is 0 Å². The number of hydrogen-bond donors (Lipinski definition) is 0. The predicted octanol–water partition coefficient (Wildman–Crippen LogP) is 4.07. The van der Waals surface area contributed by atoms with Crippen LogP contribution in [0.2, 0.25) is 5.02 Å². The van der Waals surface area contributed by atoms with Crippen molar-refractivity contribution in [1.82, 2.24) is 4.57 Å². The lowest BCUT2D eigenvalue weighted by atomic mass is 10.1. The summed E-state index contributed by atoms with van der Waals surface area (Å²) in [5, 5.41) is 0.511. The smallest absolute Gasteiger partial charge is 0.310 e. The Kier molecular flexibility index (Phi) is 5.37. The number of methoxy groups -OCH3 is 1. The van der Waals surface area contributed by atoms with Crippen LogP contribution in [0.3, 0.4) is 0 Å². The second-order valence-electron chi connectivity index (χ2n) is 6.60. The monoisotopic (exact) mass is 375 g/mol. The van der Waals surface area contributed by atoms with Crippen LogP contribution >= 0.6 is 11.6 Å². The fourth-order valence-corrected chi connectivity index (χ4v) is 3.46. The van der Waals surface area contributed by atoms with Gasteiger partial charge in [0.25, 0.3) is 0 Å². The molecule has 138 valence electrons. The number of ether oxygens (including phenoxy) is 2. The summed E-state index contributed by atoms with van der Waals surface area (Å²) in [7, 11) is 1.53. The van der Waals surface area contributed by atoms with Crippen LogP contribution in [-0.4, -0.2) is 30.0 Å². The predicted molar refractivity (Wildman–Crippen MR) is 99.2 cm³/mol. The van der Waals surface area contributed by atoms with Gasteiger partial charge in [-0.3, -0.25) is 9.59 Å². The molecule has 26 heavy (non-hydrogen) atoms. The number of benzene rings is 1. The van der Waals surface area contributed by atoms with Crippen LogP contribution in [-0.2, 0) is 16.0 Å². The Bertz CT molecular complexity index is 852. The first-order valence-corrected chi connectivity index (χ1v) is 8.98. The van der Waals surface area contributed by atoms with Crippen molar-refractivity contribution in [2.45, 2.75) is 39.2 Å². The number of aryl methyl sites for hydroxylation is 1. The zero-order valence-electron chi connectivity index (χ0n) is 15.2. The Morgan fingerprint density at radius 1 is 1.23 bits per heavy atom. The summed E-state index contributed by atoms with van der Waals surface area (Å²) in [5.74, 6) is -0.114. The Balaban J connectivity index is 1.62. The van der Waals surface area contributed by atoms with Gasteiger partial charge in [-0.1, -0.05) is 11.6 Å². The van der Waals surface area contributed by atoms with E-state index in [1.165, 1.54) is 7.11 Å². The lowest BCUT2D eigenvalue weighted by Gasteiger charge is -2.09. The van der Waals surface area contributed by atoms with E-state index in [4.69, 9.17) is 21.1 Å². The van der Waals surface area contributed by atoms with E-state index in [9.17, 15) is 9.59 Å². The maximum Gasteiger partial charge on any atom is 0.310 e. The Hall–Kier alpha value is -2.27. The number of hydrogen-bond acceptors (Lipinski definition) is 4. The summed E-state index contributed by atoms with van der Waals surface area (Å²) in [5.41, 5.74) is 3.28. The Morgan fingerprint density at radius 3 is 2.62 bits per heavy atom. The molecular formula is C20H22ClNO4. The van der Waals surface area contributed by atoms with Crippen LogP contribution in [0, 0.1) is 13.8 Å². The molecule has 0 spiro atoms. The topological polar surface area (TPSA) is 57.5 Å². The van der Waals surface area contributed by atoms with Gasteiger partial charge in [-0.15, -0.1) is 0 Å². The van der Waals surface area contributed by atoms with Crippen LogP contribution in [0.15, 0.2) is 24.3 Å². The quantitative estimate of drug-likeness (QED) is 0.540. The summed E-state index contributed by atoms with van der Waals surface area (Å²) in [6.45, 7) is 3.67. The minimum Gasteiger partial charge on any atom is -0.496 e. The molecular weight excluding hydrogens is 354 g/mol. The number of ketones is 1. The molecule has 0 N–H and O–H groups in total. The number of nitrogens with zero attached hydrogens (tertiary/aromatic N) is 1. The average molecular weight is 376 g/mol. The molecule has 0 saturated heterocycles. The van der Waals surface area contributed by atoms with E-state index in [1.54, 1.807) is 18.2 Å². The molecule has 2 aromatic rings. The van der Waals surface area contributed by atoms with Crippen LogP contribution in [0.25, 0.3) is 0 Å². The van der Waals surface area contributed by atoms with Crippen LogP contribution in [0.5, 0.6) is 5.75 Å². The molecule has 1 heterocycles. The minimum atomic E-state index is -0.491. The molecule has 1 aliphatic carbocycles. The third kappa shape index (κ3) is 3.93. The van der Waals surface area contributed by atoms with Crippen LogP contribution < -0.4 is 4.74 Å². The van der Waals surface area contributed by atoms with E-state index in [-0.39, 0.29) is 18.8 Å². The van der Waals surface area contributed by atoms with Crippen molar-refractivity contribution in [3.63, 3.8) is 0 Å². The largest absolute Gasteiger partial charge is 0.496 e. The maximum absolute atomic E-state index is 12.5. The van der Waals surface area contributed by atoms with E-state index < -0.39 is 5.97 Å². The van der Waals surface area contributed by atoms with Crippen LogP contribution in [0.1, 0.15) is 46.2 Å². The maximum atomic E-state index is 12.5. The number of carbonyl (C=O) groups is 2. The van der Waals surface area contributed by atoms with E-state index >= 15 is 0 Å². The highest BCUT2D eigenvalue weighted by Gasteiger charge is 2.28.